The van der Waals surface area contributed by atoms with E-state index in [-0.39, 0.29) is 11.7 Å². The van der Waals surface area contributed by atoms with Crippen LogP contribution in [0.1, 0.15) is 37.2 Å². The van der Waals surface area contributed by atoms with Gasteiger partial charge in [0.2, 0.25) is 0 Å². The van der Waals surface area contributed by atoms with Crippen molar-refractivity contribution in [3.05, 3.63) is 53.3 Å². The normalized spacial score (nSPS) is 11.6. The first-order chi connectivity index (χ1) is 14.3. The van der Waals surface area contributed by atoms with E-state index in [0.29, 0.717) is 29.1 Å². The van der Waals surface area contributed by atoms with Gasteiger partial charge in [0.15, 0.2) is 0 Å². The third kappa shape index (κ3) is 3.73. The second-order valence-corrected chi connectivity index (χ2v) is 7.83. The topological polar surface area (TPSA) is 148 Å². The maximum Gasteiger partial charge on any atom is 0.133 e. The molecule has 0 aliphatic heterocycles. The van der Waals surface area contributed by atoms with E-state index >= 15 is 0 Å². The molecule has 0 amide bonds. The highest BCUT2D eigenvalue weighted by Crippen LogP contribution is 2.21. The van der Waals surface area contributed by atoms with E-state index in [4.69, 9.17) is 27.3 Å². The summed E-state index contributed by atoms with van der Waals surface area (Å²) in [4.78, 5) is 6.42. The fourth-order valence-corrected chi connectivity index (χ4v) is 3.43. The van der Waals surface area contributed by atoms with Crippen molar-refractivity contribution < 1.29 is 0 Å². The first-order valence-corrected chi connectivity index (χ1v) is 9.84. The first kappa shape index (κ1) is 19.6. The van der Waals surface area contributed by atoms with Crippen molar-refractivity contribution in [3.63, 3.8) is 0 Å². The Morgan fingerprint density at radius 1 is 0.933 bits per heavy atom. The molecule has 0 spiro atoms. The molecular formula is C21H25N9. The van der Waals surface area contributed by atoms with Crippen LogP contribution in [0.2, 0.25) is 0 Å². The molecule has 0 saturated carbocycles. The molecule has 4 rings (SSSR count). The Bertz CT molecular complexity index is 1260. The Hall–Kier alpha value is -3.75. The fourth-order valence-electron chi connectivity index (χ4n) is 3.43. The summed E-state index contributed by atoms with van der Waals surface area (Å²) in [6.45, 7) is 5.63. The minimum absolute atomic E-state index is 0.00297. The molecule has 30 heavy (non-hydrogen) atoms. The Morgan fingerprint density at radius 2 is 1.57 bits per heavy atom. The van der Waals surface area contributed by atoms with E-state index in [1.165, 1.54) is 0 Å². The Morgan fingerprint density at radius 3 is 2.23 bits per heavy atom. The lowest BCUT2D eigenvalue weighted by atomic mass is 10.1. The van der Waals surface area contributed by atoms with Gasteiger partial charge in [0.05, 0.1) is 11.0 Å². The third-order valence-corrected chi connectivity index (χ3v) is 5.08. The van der Waals surface area contributed by atoms with Gasteiger partial charge in [-0.1, -0.05) is 13.8 Å². The van der Waals surface area contributed by atoms with Gasteiger partial charge in [-0.15, -0.1) is 0 Å². The minimum atomic E-state index is 0.00297. The molecule has 2 aromatic carbocycles. The van der Waals surface area contributed by atoms with Gasteiger partial charge in [-0.05, 0) is 48.7 Å². The van der Waals surface area contributed by atoms with E-state index < -0.39 is 0 Å². The van der Waals surface area contributed by atoms with Crippen molar-refractivity contribution in [1.82, 2.24) is 24.5 Å². The van der Waals surface area contributed by atoms with Gasteiger partial charge in [0, 0.05) is 17.7 Å². The van der Waals surface area contributed by atoms with Crippen LogP contribution in [-0.4, -0.2) is 36.2 Å². The van der Waals surface area contributed by atoms with E-state index in [9.17, 15) is 0 Å². The summed E-state index contributed by atoms with van der Waals surface area (Å²) in [7, 11) is 0. The number of rotatable bonds is 7. The quantitative estimate of drug-likeness (QED) is 0.276. The van der Waals surface area contributed by atoms with Crippen LogP contribution in [0.25, 0.3) is 22.1 Å². The molecule has 0 aliphatic carbocycles. The van der Waals surface area contributed by atoms with Crippen molar-refractivity contribution in [3.8, 4) is 0 Å². The maximum absolute atomic E-state index is 7.69. The number of imidazole rings is 1. The molecule has 0 unspecified atom stereocenters. The average Bonchev–Trinajstić information content (AvgIpc) is 3.25. The van der Waals surface area contributed by atoms with Gasteiger partial charge in [-0.2, -0.15) is 15.0 Å². The van der Waals surface area contributed by atoms with Crippen molar-refractivity contribution in [2.75, 3.05) is 0 Å². The molecule has 0 saturated heterocycles. The van der Waals surface area contributed by atoms with E-state index in [2.05, 4.69) is 28.6 Å². The lowest BCUT2D eigenvalue weighted by Gasteiger charge is -2.11. The van der Waals surface area contributed by atoms with Gasteiger partial charge < -0.3 is 16.0 Å². The summed E-state index contributed by atoms with van der Waals surface area (Å²) in [5.41, 5.74) is 15.7. The summed E-state index contributed by atoms with van der Waals surface area (Å²) in [6, 6.07) is 11.0. The number of hydrogen-bond acceptors (Lipinski definition) is 5. The molecule has 2 heterocycles. The number of fused-ring (bicyclic) bond motifs is 2. The van der Waals surface area contributed by atoms with E-state index in [1.54, 1.807) is 16.9 Å². The molecular weight excluding hydrogens is 378 g/mol. The zero-order chi connectivity index (χ0) is 21.4. The van der Waals surface area contributed by atoms with Crippen molar-refractivity contribution in [2.45, 2.75) is 33.4 Å². The van der Waals surface area contributed by atoms with Crippen LogP contribution in [0.4, 0.5) is 0 Å². The highest BCUT2D eigenvalue weighted by atomic mass is 15.5. The van der Waals surface area contributed by atoms with Crippen LogP contribution >= 0.6 is 0 Å². The molecule has 4 aromatic rings. The molecule has 6 N–H and O–H groups in total. The zero-order valence-corrected chi connectivity index (χ0v) is 17.1. The second-order valence-electron chi connectivity index (χ2n) is 7.83. The number of aryl methyl sites for hydroxylation is 1. The molecule has 0 atom stereocenters. The van der Waals surface area contributed by atoms with Crippen LogP contribution < -0.4 is 11.5 Å². The number of amidine groups is 2. The van der Waals surface area contributed by atoms with Gasteiger partial charge in [0.1, 0.15) is 35.1 Å². The largest absolute Gasteiger partial charge is 0.384 e. The number of nitrogens with two attached hydrogens (primary N) is 2. The van der Waals surface area contributed by atoms with Gasteiger partial charge in [-0.25, -0.2) is 4.98 Å². The van der Waals surface area contributed by atoms with Crippen LogP contribution in [-0.2, 0) is 13.1 Å². The number of benzene rings is 2. The minimum Gasteiger partial charge on any atom is -0.384 e. The van der Waals surface area contributed by atoms with Crippen molar-refractivity contribution in [2.24, 2.45) is 17.4 Å². The Kier molecular flexibility index (Phi) is 4.94. The Balaban J connectivity index is 1.74. The SMILES string of the molecule is CC(C)CCn1c(Cn2nc3ccc(C(=N)N)cc3n2)nc2cc(C(=N)N)ccc21. The van der Waals surface area contributed by atoms with Crippen LogP contribution in [0.3, 0.4) is 0 Å². The van der Waals surface area contributed by atoms with Crippen LogP contribution in [0.15, 0.2) is 36.4 Å². The zero-order valence-electron chi connectivity index (χ0n) is 17.1. The molecule has 0 aliphatic rings. The second kappa shape index (κ2) is 7.58. The van der Waals surface area contributed by atoms with Gasteiger partial charge in [0.25, 0.3) is 0 Å². The number of nitrogens with zero attached hydrogens (tertiary/aromatic N) is 5. The summed E-state index contributed by atoms with van der Waals surface area (Å²) in [5, 5.41) is 24.4. The highest BCUT2D eigenvalue weighted by molar-refractivity contribution is 5.98. The lowest BCUT2D eigenvalue weighted by Crippen LogP contribution is -2.12. The molecule has 154 valence electrons. The standard InChI is InChI=1S/C21H25N9/c1-12(2)7-8-29-18-6-4-14(21(24)25)10-17(18)26-19(29)11-30-27-15-5-3-13(20(22)23)9-16(15)28-30/h3-6,9-10,12H,7-8,11H2,1-2H3,(H3,22,23)(H3,24,25). The predicted molar refractivity (Wildman–Crippen MR) is 118 cm³/mol. The molecule has 0 radical (unpaired) electrons. The summed E-state index contributed by atoms with van der Waals surface area (Å²) < 4.78 is 2.19. The summed E-state index contributed by atoms with van der Waals surface area (Å²) >= 11 is 0. The van der Waals surface area contributed by atoms with E-state index in [1.807, 2.05) is 24.3 Å². The molecule has 9 nitrogen and oxygen atoms in total. The van der Waals surface area contributed by atoms with Crippen LogP contribution in [0, 0.1) is 16.7 Å². The molecule has 9 heteroatoms. The maximum atomic E-state index is 7.69. The highest BCUT2D eigenvalue weighted by Gasteiger charge is 2.15. The number of hydrogen-bond donors (Lipinski definition) is 4. The predicted octanol–water partition coefficient (Wildman–Crippen LogP) is 2.44. The molecule has 2 aromatic heterocycles. The van der Waals surface area contributed by atoms with Crippen molar-refractivity contribution in [1.29, 1.82) is 10.8 Å². The molecule has 0 bridgehead atoms. The summed E-state index contributed by atoms with van der Waals surface area (Å²) in [5.74, 6) is 1.43. The van der Waals surface area contributed by atoms with Crippen LogP contribution in [0.5, 0.6) is 0 Å². The van der Waals surface area contributed by atoms with Crippen molar-refractivity contribution >= 4 is 33.7 Å². The summed E-state index contributed by atoms with van der Waals surface area (Å²) in [6.07, 6.45) is 1.02. The van der Waals surface area contributed by atoms with E-state index in [0.717, 1.165) is 35.3 Å². The molecule has 0 fully saturated rings. The monoisotopic (exact) mass is 403 g/mol. The number of aromatic nitrogens is 5. The first-order valence-electron chi connectivity index (χ1n) is 9.84. The fraction of sp³-hybridized carbons (Fsp3) is 0.286. The smallest absolute Gasteiger partial charge is 0.133 e. The van der Waals surface area contributed by atoms with Gasteiger partial charge >= 0.3 is 0 Å². The lowest BCUT2D eigenvalue weighted by molar-refractivity contribution is 0.493. The average molecular weight is 403 g/mol. The number of nitrogens with one attached hydrogen (secondary N) is 2. The third-order valence-electron chi connectivity index (χ3n) is 5.08. The number of nitrogen functional groups attached to an aromatic ring is 2. The Labute approximate surface area is 173 Å². The van der Waals surface area contributed by atoms with Gasteiger partial charge in [-0.3, -0.25) is 10.8 Å².